The number of nitro benzene ring substituents is 1. The summed E-state index contributed by atoms with van der Waals surface area (Å²) in [4.78, 5) is 20.5. The lowest BCUT2D eigenvalue weighted by molar-refractivity contribution is -0.385. The molecule has 0 spiro atoms. The first kappa shape index (κ1) is 10.9. The van der Waals surface area contributed by atoms with Gasteiger partial charge in [0.2, 0.25) is 5.24 Å². The van der Waals surface area contributed by atoms with E-state index in [1.54, 1.807) is 0 Å². The van der Waals surface area contributed by atoms with Crippen LogP contribution in [0.5, 0.6) is 0 Å². The molecular formula is C8H5Cl2NO3. The average Bonchev–Trinajstić information content (AvgIpc) is 2.07. The van der Waals surface area contributed by atoms with Gasteiger partial charge in [0.15, 0.2) is 0 Å². The van der Waals surface area contributed by atoms with Gasteiger partial charge < -0.3 is 0 Å². The first-order valence-electron chi connectivity index (χ1n) is 3.62. The molecule has 0 atom stereocenters. The van der Waals surface area contributed by atoms with Crippen molar-refractivity contribution in [3.05, 3.63) is 38.9 Å². The molecule has 0 heterocycles. The van der Waals surface area contributed by atoms with Gasteiger partial charge in [-0.25, -0.2) is 0 Å². The summed E-state index contributed by atoms with van der Waals surface area (Å²) in [5.74, 6) is 0. The van der Waals surface area contributed by atoms with E-state index < -0.39 is 10.2 Å². The zero-order valence-electron chi connectivity index (χ0n) is 6.87. The number of hydrogen-bond acceptors (Lipinski definition) is 3. The molecule has 0 amide bonds. The van der Waals surface area contributed by atoms with Crippen LogP contribution in [0.1, 0.15) is 5.56 Å². The van der Waals surface area contributed by atoms with E-state index in [4.69, 9.17) is 23.2 Å². The fourth-order valence-electron chi connectivity index (χ4n) is 1.01. The quantitative estimate of drug-likeness (QED) is 0.458. The molecule has 0 fully saturated rings. The SMILES string of the molecule is O=C(Cl)Cc1ccc(Cl)cc1[N+](=O)[O-]. The third-order valence-corrected chi connectivity index (χ3v) is 1.94. The Morgan fingerprint density at radius 3 is 2.64 bits per heavy atom. The van der Waals surface area contributed by atoms with Gasteiger partial charge in [0.05, 0.1) is 11.3 Å². The normalized spacial score (nSPS) is 9.86. The number of nitrogens with zero attached hydrogens (tertiary/aromatic N) is 1. The molecule has 0 saturated carbocycles. The van der Waals surface area contributed by atoms with E-state index in [1.165, 1.54) is 18.2 Å². The number of hydrogen-bond donors (Lipinski definition) is 0. The molecule has 4 nitrogen and oxygen atoms in total. The zero-order valence-corrected chi connectivity index (χ0v) is 8.38. The second-order valence-electron chi connectivity index (χ2n) is 2.56. The van der Waals surface area contributed by atoms with Crippen LogP contribution in [0.4, 0.5) is 5.69 Å². The van der Waals surface area contributed by atoms with Gasteiger partial charge in [-0.1, -0.05) is 17.7 Å². The van der Waals surface area contributed by atoms with Crippen LogP contribution < -0.4 is 0 Å². The Morgan fingerprint density at radius 2 is 2.14 bits per heavy atom. The van der Waals surface area contributed by atoms with Crippen LogP contribution in [0.3, 0.4) is 0 Å². The topological polar surface area (TPSA) is 60.2 Å². The van der Waals surface area contributed by atoms with Crippen LogP contribution in [0, 0.1) is 10.1 Å². The third-order valence-electron chi connectivity index (χ3n) is 1.57. The van der Waals surface area contributed by atoms with Crippen molar-refractivity contribution in [2.24, 2.45) is 0 Å². The van der Waals surface area contributed by atoms with E-state index >= 15 is 0 Å². The maximum Gasteiger partial charge on any atom is 0.274 e. The van der Waals surface area contributed by atoms with Crippen LogP contribution in [0.15, 0.2) is 18.2 Å². The average molecular weight is 234 g/mol. The Morgan fingerprint density at radius 1 is 1.50 bits per heavy atom. The van der Waals surface area contributed by atoms with Crippen LogP contribution in [-0.4, -0.2) is 10.2 Å². The van der Waals surface area contributed by atoms with Gasteiger partial charge in [-0.3, -0.25) is 14.9 Å². The Hall–Kier alpha value is -1.13. The molecule has 0 aliphatic carbocycles. The van der Waals surface area contributed by atoms with Gasteiger partial charge >= 0.3 is 0 Å². The van der Waals surface area contributed by atoms with Crippen molar-refractivity contribution >= 4 is 34.1 Å². The summed E-state index contributed by atoms with van der Waals surface area (Å²) in [7, 11) is 0. The Labute approximate surface area is 89.6 Å². The largest absolute Gasteiger partial charge is 0.281 e. The van der Waals surface area contributed by atoms with Crippen molar-refractivity contribution in [2.45, 2.75) is 6.42 Å². The first-order chi connectivity index (χ1) is 6.50. The van der Waals surface area contributed by atoms with E-state index in [2.05, 4.69) is 0 Å². The van der Waals surface area contributed by atoms with Crippen molar-refractivity contribution in [1.82, 2.24) is 0 Å². The van der Waals surface area contributed by atoms with Crippen molar-refractivity contribution < 1.29 is 9.72 Å². The Bertz CT molecular complexity index is 392. The first-order valence-corrected chi connectivity index (χ1v) is 4.37. The monoisotopic (exact) mass is 233 g/mol. The van der Waals surface area contributed by atoms with Gasteiger partial charge in [-0.05, 0) is 17.7 Å². The maximum absolute atomic E-state index is 10.6. The standard InChI is InChI=1S/C8H5Cl2NO3/c9-6-2-1-5(3-8(10)12)7(4-6)11(13)14/h1-2,4H,3H2. The minimum Gasteiger partial charge on any atom is -0.281 e. The predicted octanol–water partition coefficient (Wildman–Crippen LogP) is 2.56. The van der Waals surface area contributed by atoms with Gasteiger partial charge in [0.25, 0.3) is 5.69 Å². The molecule has 0 aliphatic rings. The summed E-state index contributed by atoms with van der Waals surface area (Å²) in [6.07, 6.45) is -0.172. The molecule has 0 radical (unpaired) electrons. The van der Waals surface area contributed by atoms with E-state index in [9.17, 15) is 14.9 Å². The number of carbonyl (C=O) groups excluding carboxylic acids is 1. The lowest BCUT2D eigenvalue weighted by atomic mass is 10.1. The van der Waals surface area contributed by atoms with Gasteiger partial charge in [-0.2, -0.15) is 0 Å². The molecule has 0 saturated heterocycles. The lowest BCUT2D eigenvalue weighted by Crippen LogP contribution is -1.99. The van der Waals surface area contributed by atoms with Crippen LogP contribution in [-0.2, 0) is 11.2 Å². The molecular weight excluding hydrogens is 229 g/mol. The molecule has 6 heteroatoms. The summed E-state index contributed by atoms with van der Waals surface area (Å²) in [6.45, 7) is 0. The molecule has 1 aromatic carbocycles. The highest BCUT2D eigenvalue weighted by molar-refractivity contribution is 6.63. The molecule has 1 rings (SSSR count). The number of rotatable bonds is 3. The highest BCUT2D eigenvalue weighted by Gasteiger charge is 2.15. The number of halogens is 2. The molecule has 74 valence electrons. The molecule has 14 heavy (non-hydrogen) atoms. The highest BCUT2D eigenvalue weighted by atomic mass is 35.5. The van der Waals surface area contributed by atoms with Crippen molar-refractivity contribution in [3.63, 3.8) is 0 Å². The second-order valence-corrected chi connectivity index (χ2v) is 3.42. The van der Waals surface area contributed by atoms with Crippen LogP contribution >= 0.6 is 23.2 Å². The maximum atomic E-state index is 10.6. The Kier molecular flexibility index (Phi) is 3.43. The van der Waals surface area contributed by atoms with Gasteiger partial charge in [0.1, 0.15) is 0 Å². The molecule has 0 aromatic heterocycles. The minimum absolute atomic E-state index is 0.172. The molecule has 0 bridgehead atoms. The van der Waals surface area contributed by atoms with Gasteiger partial charge in [0, 0.05) is 16.7 Å². The van der Waals surface area contributed by atoms with Crippen LogP contribution in [0.2, 0.25) is 5.02 Å². The summed E-state index contributed by atoms with van der Waals surface area (Å²) < 4.78 is 0. The summed E-state index contributed by atoms with van der Waals surface area (Å²) in [5, 5.41) is 10.2. The number of nitro groups is 1. The predicted molar refractivity (Wildman–Crippen MR) is 52.7 cm³/mol. The minimum atomic E-state index is -0.643. The smallest absolute Gasteiger partial charge is 0.274 e. The van der Waals surface area contributed by atoms with Crippen LogP contribution in [0.25, 0.3) is 0 Å². The number of benzene rings is 1. The summed E-state index contributed by atoms with van der Waals surface area (Å²) in [6, 6.07) is 4.08. The number of carbonyl (C=O) groups is 1. The van der Waals surface area contributed by atoms with Gasteiger partial charge in [-0.15, -0.1) is 0 Å². The van der Waals surface area contributed by atoms with Crippen molar-refractivity contribution in [2.75, 3.05) is 0 Å². The van der Waals surface area contributed by atoms with Crippen molar-refractivity contribution in [1.29, 1.82) is 0 Å². The molecule has 0 aliphatic heterocycles. The molecule has 1 aromatic rings. The molecule has 0 unspecified atom stereocenters. The third kappa shape index (κ3) is 2.68. The summed E-state index contributed by atoms with van der Waals surface area (Å²) >= 11 is 10.7. The Balaban J connectivity index is 3.14. The van der Waals surface area contributed by atoms with Crippen molar-refractivity contribution in [3.8, 4) is 0 Å². The fourth-order valence-corrected chi connectivity index (χ4v) is 1.32. The fraction of sp³-hybridized carbons (Fsp3) is 0.125. The van der Waals surface area contributed by atoms with E-state index in [0.717, 1.165) is 0 Å². The van der Waals surface area contributed by atoms with E-state index in [0.29, 0.717) is 0 Å². The summed E-state index contributed by atoms with van der Waals surface area (Å²) in [5.41, 5.74) is 0.0749. The van der Waals surface area contributed by atoms with E-state index in [-0.39, 0.29) is 22.7 Å². The molecule has 0 N–H and O–H groups in total. The highest BCUT2D eigenvalue weighted by Crippen LogP contribution is 2.23. The lowest BCUT2D eigenvalue weighted by Gasteiger charge is -1.99. The second kappa shape index (κ2) is 4.39. The van der Waals surface area contributed by atoms with E-state index in [1.807, 2.05) is 0 Å². The zero-order chi connectivity index (χ0) is 10.7.